The molecule has 0 heterocycles. The van der Waals surface area contributed by atoms with Crippen molar-refractivity contribution in [3.63, 3.8) is 0 Å². The molecular weight excluding hydrogens is 318 g/mol. The molecule has 6 heteroatoms. The summed E-state index contributed by atoms with van der Waals surface area (Å²) in [5.41, 5.74) is 1.03. The lowest BCUT2D eigenvalue weighted by Gasteiger charge is -2.13. The number of ether oxygens (including phenoxy) is 2. The second-order valence-corrected chi connectivity index (χ2v) is 5.20. The highest BCUT2D eigenvalue weighted by atomic mass is 35.5. The van der Waals surface area contributed by atoms with Gasteiger partial charge in [0.15, 0.2) is 5.78 Å². The Balaban J connectivity index is 2.52. The third-order valence-electron chi connectivity index (χ3n) is 3.19. The first-order chi connectivity index (χ1) is 11.0. The summed E-state index contributed by atoms with van der Waals surface area (Å²) in [4.78, 5) is 24.2. The summed E-state index contributed by atoms with van der Waals surface area (Å²) in [7, 11) is 3.00. The average Bonchev–Trinajstić information content (AvgIpc) is 2.54. The predicted octanol–water partition coefficient (Wildman–Crippen LogP) is 3.55. The molecule has 0 fully saturated rings. The number of nitrogens with one attached hydrogen (secondary N) is 1. The average molecular weight is 334 g/mol. The van der Waals surface area contributed by atoms with Gasteiger partial charge in [-0.1, -0.05) is 11.6 Å². The fourth-order valence-corrected chi connectivity index (χ4v) is 2.31. The van der Waals surface area contributed by atoms with Crippen LogP contribution in [-0.4, -0.2) is 25.9 Å². The molecule has 0 aliphatic rings. The zero-order valence-electron chi connectivity index (χ0n) is 13.0. The van der Waals surface area contributed by atoms with Crippen molar-refractivity contribution in [2.45, 2.75) is 6.92 Å². The predicted molar refractivity (Wildman–Crippen MR) is 88.7 cm³/mol. The first-order valence-corrected chi connectivity index (χ1v) is 7.18. The zero-order chi connectivity index (χ0) is 17.0. The van der Waals surface area contributed by atoms with Crippen LogP contribution in [0.2, 0.25) is 5.02 Å². The summed E-state index contributed by atoms with van der Waals surface area (Å²) in [5.74, 6) is 0.369. The molecule has 2 aromatic carbocycles. The van der Waals surface area contributed by atoms with Crippen molar-refractivity contribution in [3.8, 4) is 11.5 Å². The smallest absolute Gasteiger partial charge is 0.221 e. The molecule has 5 nitrogen and oxygen atoms in total. The molecule has 0 spiro atoms. The van der Waals surface area contributed by atoms with Crippen LogP contribution in [0.1, 0.15) is 22.8 Å². The quantitative estimate of drug-likeness (QED) is 0.850. The number of halogens is 1. The molecular formula is C17H16ClNO4. The number of rotatable bonds is 5. The van der Waals surface area contributed by atoms with Gasteiger partial charge in [0.25, 0.3) is 0 Å². The number of anilines is 1. The van der Waals surface area contributed by atoms with Crippen molar-refractivity contribution >= 4 is 29.0 Å². The minimum Gasteiger partial charge on any atom is -0.497 e. The second kappa shape index (κ2) is 7.15. The van der Waals surface area contributed by atoms with Crippen LogP contribution < -0.4 is 14.8 Å². The van der Waals surface area contributed by atoms with Gasteiger partial charge in [-0.15, -0.1) is 0 Å². The molecule has 23 heavy (non-hydrogen) atoms. The van der Waals surface area contributed by atoms with E-state index in [0.717, 1.165) is 0 Å². The summed E-state index contributed by atoms with van der Waals surface area (Å²) in [6.07, 6.45) is 0. The van der Waals surface area contributed by atoms with Crippen molar-refractivity contribution in [1.82, 2.24) is 0 Å². The van der Waals surface area contributed by atoms with Crippen molar-refractivity contribution in [3.05, 3.63) is 52.5 Å². The molecule has 0 radical (unpaired) electrons. The minimum absolute atomic E-state index is 0.275. The lowest BCUT2D eigenvalue weighted by molar-refractivity contribution is -0.114. The van der Waals surface area contributed by atoms with Gasteiger partial charge in [-0.05, 0) is 30.3 Å². The Morgan fingerprint density at radius 2 is 1.74 bits per heavy atom. The van der Waals surface area contributed by atoms with E-state index >= 15 is 0 Å². The molecule has 0 saturated heterocycles. The summed E-state index contributed by atoms with van der Waals surface area (Å²) in [6, 6.07) is 9.60. The maximum Gasteiger partial charge on any atom is 0.221 e. The molecule has 120 valence electrons. The lowest BCUT2D eigenvalue weighted by atomic mass is 10.0. The Hall–Kier alpha value is -2.53. The van der Waals surface area contributed by atoms with E-state index in [-0.39, 0.29) is 17.3 Å². The van der Waals surface area contributed by atoms with E-state index in [2.05, 4.69) is 5.32 Å². The van der Waals surface area contributed by atoms with E-state index in [4.69, 9.17) is 21.1 Å². The van der Waals surface area contributed by atoms with Crippen molar-refractivity contribution < 1.29 is 19.1 Å². The molecule has 0 atom stereocenters. The van der Waals surface area contributed by atoms with Crippen LogP contribution >= 0.6 is 11.6 Å². The summed E-state index contributed by atoms with van der Waals surface area (Å²) in [5, 5.41) is 3.03. The Kier molecular flexibility index (Phi) is 5.24. The highest BCUT2D eigenvalue weighted by Gasteiger charge is 2.19. The Morgan fingerprint density at radius 1 is 1.00 bits per heavy atom. The topological polar surface area (TPSA) is 64.6 Å². The number of benzene rings is 2. The van der Waals surface area contributed by atoms with E-state index in [1.54, 1.807) is 30.3 Å². The van der Waals surface area contributed by atoms with Crippen LogP contribution in [-0.2, 0) is 4.79 Å². The third-order valence-corrected chi connectivity index (χ3v) is 3.43. The molecule has 0 aliphatic heterocycles. The van der Waals surface area contributed by atoms with E-state index < -0.39 is 0 Å². The van der Waals surface area contributed by atoms with Crippen LogP contribution in [0.25, 0.3) is 0 Å². The SMILES string of the molecule is COc1ccc(C(=O)c2cc(Cl)ccc2NC(C)=O)c(OC)c1. The fourth-order valence-electron chi connectivity index (χ4n) is 2.13. The van der Waals surface area contributed by atoms with Gasteiger partial charge < -0.3 is 14.8 Å². The van der Waals surface area contributed by atoms with Crippen LogP contribution in [0.5, 0.6) is 11.5 Å². The minimum atomic E-state index is -0.309. The number of carbonyl (C=O) groups excluding carboxylic acids is 2. The molecule has 1 N–H and O–H groups in total. The fraction of sp³-hybridized carbons (Fsp3) is 0.176. The standard InChI is InChI=1S/C17H16ClNO4/c1-10(20)19-15-7-4-11(18)8-14(15)17(21)13-6-5-12(22-2)9-16(13)23-3/h4-9H,1-3H3,(H,19,20). The van der Waals surface area contributed by atoms with Gasteiger partial charge in [0, 0.05) is 23.6 Å². The van der Waals surface area contributed by atoms with Gasteiger partial charge in [-0.2, -0.15) is 0 Å². The molecule has 0 bridgehead atoms. The van der Waals surface area contributed by atoms with E-state index in [1.807, 2.05) is 0 Å². The molecule has 2 rings (SSSR count). The molecule has 0 unspecified atom stereocenters. The van der Waals surface area contributed by atoms with Crippen molar-refractivity contribution in [2.24, 2.45) is 0 Å². The monoisotopic (exact) mass is 333 g/mol. The molecule has 2 aromatic rings. The number of amides is 1. The molecule has 0 saturated carbocycles. The number of carbonyl (C=O) groups is 2. The Bertz CT molecular complexity index is 758. The maximum atomic E-state index is 12.8. The normalized spacial score (nSPS) is 10.1. The lowest BCUT2D eigenvalue weighted by Crippen LogP contribution is -2.12. The Labute approximate surface area is 139 Å². The largest absolute Gasteiger partial charge is 0.497 e. The van der Waals surface area contributed by atoms with Crippen LogP contribution in [0, 0.1) is 0 Å². The van der Waals surface area contributed by atoms with E-state index in [9.17, 15) is 9.59 Å². The second-order valence-electron chi connectivity index (χ2n) is 4.77. The number of methoxy groups -OCH3 is 2. The number of hydrogen-bond acceptors (Lipinski definition) is 4. The van der Waals surface area contributed by atoms with Crippen molar-refractivity contribution in [1.29, 1.82) is 0 Å². The summed E-state index contributed by atoms with van der Waals surface area (Å²) < 4.78 is 10.4. The van der Waals surface area contributed by atoms with Crippen LogP contribution in [0.15, 0.2) is 36.4 Å². The zero-order valence-corrected chi connectivity index (χ0v) is 13.7. The van der Waals surface area contributed by atoms with Gasteiger partial charge in [0.2, 0.25) is 5.91 Å². The number of ketones is 1. The van der Waals surface area contributed by atoms with Crippen molar-refractivity contribution in [2.75, 3.05) is 19.5 Å². The molecule has 0 aliphatic carbocycles. The first-order valence-electron chi connectivity index (χ1n) is 6.80. The Morgan fingerprint density at radius 3 is 2.35 bits per heavy atom. The van der Waals surface area contributed by atoms with Crippen LogP contribution in [0.4, 0.5) is 5.69 Å². The van der Waals surface area contributed by atoms with Gasteiger partial charge in [0.05, 0.1) is 25.5 Å². The van der Waals surface area contributed by atoms with E-state index in [1.165, 1.54) is 27.2 Å². The van der Waals surface area contributed by atoms with Gasteiger partial charge in [-0.3, -0.25) is 9.59 Å². The molecule has 1 amide bonds. The summed E-state index contributed by atoms with van der Waals surface area (Å²) >= 11 is 5.99. The highest BCUT2D eigenvalue weighted by Crippen LogP contribution is 2.30. The van der Waals surface area contributed by atoms with Gasteiger partial charge >= 0.3 is 0 Å². The first kappa shape index (κ1) is 16.8. The third kappa shape index (κ3) is 3.81. The van der Waals surface area contributed by atoms with E-state index in [0.29, 0.717) is 27.8 Å². The summed E-state index contributed by atoms with van der Waals surface area (Å²) in [6.45, 7) is 1.37. The van der Waals surface area contributed by atoms with Gasteiger partial charge in [0.1, 0.15) is 11.5 Å². The highest BCUT2D eigenvalue weighted by molar-refractivity contribution is 6.31. The maximum absolute atomic E-state index is 12.8. The van der Waals surface area contributed by atoms with Gasteiger partial charge in [-0.25, -0.2) is 0 Å². The molecule has 0 aromatic heterocycles. The van der Waals surface area contributed by atoms with Crippen LogP contribution in [0.3, 0.4) is 0 Å². The number of hydrogen-bond donors (Lipinski definition) is 1.